The van der Waals surface area contributed by atoms with E-state index in [9.17, 15) is 0 Å². The van der Waals surface area contributed by atoms with Crippen LogP contribution in [0, 0.1) is 5.92 Å². The van der Waals surface area contributed by atoms with Crippen molar-refractivity contribution in [3.05, 3.63) is 16.1 Å². The Labute approximate surface area is 103 Å². The van der Waals surface area contributed by atoms with Gasteiger partial charge in [-0.05, 0) is 26.2 Å². The Morgan fingerprint density at radius 1 is 1.44 bits per heavy atom. The second-order valence-electron chi connectivity index (χ2n) is 5.41. The van der Waals surface area contributed by atoms with Crippen molar-refractivity contribution in [1.82, 2.24) is 10.3 Å². The van der Waals surface area contributed by atoms with Gasteiger partial charge in [0.1, 0.15) is 0 Å². The molecule has 0 saturated heterocycles. The molecule has 0 saturated carbocycles. The largest absolute Gasteiger partial charge is 0.307 e. The minimum atomic E-state index is 0.224. The van der Waals surface area contributed by atoms with Gasteiger partial charge in [-0.3, -0.25) is 0 Å². The van der Waals surface area contributed by atoms with Crippen LogP contribution in [0.3, 0.4) is 0 Å². The summed E-state index contributed by atoms with van der Waals surface area (Å²) in [6, 6.07) is 0. The standard InChI is InChI=1S/C13H24N2S/c1-6-13(4,5)15-9-11-8-14-12(16-11)7-10(2)3/h8,10,15H,6-7,9H2,1-5H3. The molecule has 0 bridgehead atoms. The van der Waals surface area contributed by atoms with Crippen LogP contribution in [0.5, 0.6) is 0 Å². The molecule has 0 amide bonds. The van der Waals surface area contributed by atoms with Crippen LogP contribution in [-0.2, 0) is 13.0 Å². The summed E-state index contributed by atoms with van der Waals surface area (Å²) in [7, 11) is 0. The molecule has 1 heterocycles. The number of hydrogen-bond acceptors (Lipinski definition) is 3. The highest BCUT2D eigenvalue weighted by Gasteiger charge is 2.14. The maximum Gasteiger partial charge on any atom is 0.0930 e. The van der Waals surface area contributed by atoms with Crippen molar-refractivity contribution < 1.29 is 0 Å². The Bertz CT molecular complexity index is 315. The normalized spacial score (nSPS) is 12.4. The lowest BCUT2D eigenvalue weighted by atomic mass is 10.0. The highest BCUT2D eigenvalue weighted by Crippen LogP contribution is 2.17. The lowest BCUT2D eigenvalue weighted by Gasteiger charge is -2.23. The van der Waals surface area contributed by atoms with Gasteiger partial charge in [0.25, 0.3) is 0 Å². The van der Waals surface area contributed by atoms with Crippen LogP contribution in [0.2, 0.25) is 0 Å². The average molecular weight is 240 g/mol. The third-order valence-corrected chi connectivity index (χ3v) is 3.83. The van der Waals surface area contributed by atoms with Crippen LogP contribution in [0.1, 0.15) is 50.9 Å². The first-order valence-electron chi connectivity index (χ1n) is 6.11. The molecule has 0 unspecified atom stereocenters. The summed E-state index contributed by atoms with van der Waals surface area (Å²) in [5.41, 5.74) is 0.224. The summed E-state index contributed by atoms with van der Waals surface area (Å²) in [4.78, 5) is 5.81. The lowest BCUT2D eigenvalue weighted by Crippen LogP contribution is -2.37. The van der Waals surface area contributed by atoms with E-state index in [-0.39, 0.29) is 5.54 Å². The van der Waals surface area contributed by atoms with Crippen molar-refractivity contribution in [2.45, 2.75) is 59.5 Å². The molecular weight excluding hydrogens is 216 g/mol. The first-order valence-corrected chi connectivity index (χ1v) is 6.93. The first kappa shape index (κ1) is 13.7. The van der Waals surface area contributed by atoms with Crippen LogP contribution in [0.4, 0.5) is 0 Å². The summed E-state index contributed by atoms with van der Waals surface area (Å²) < 4.78 is 0. The second-order valence-corrected chi connectivity index (χ2v) is 6.61. The number of nitrogens with one attached hydrogen (secondary N) is 1. The molecule has 16 heavy (non-hydrogen) atoms. The van der Waals surface area contributed by atoms with Crippen molar-refractivity contribution in [1.29, 1.82) is 0 Å². The van der Waals surface area contributed by atoms with E-state index in [2.05, 4.69) is 44.9 Å². The Kier molecular flexibility index (Phi) is 4.93. The van der Waals surface area contributed by atoms with E-state index in [1.54, 1.807) is 0 Å². The Balaban J connectivity index is 2.46. The van der Waals surface area contributed by atoms with Crippen molar-refractivity contribution in [2.75, 3.05) is 0 Å². The van der Waals surface area contributed by atoms with E-state index in [4.69, 9.17) is 0 Å². The number of rotatable bonds is 6. The number of thiazole rings is 1. The zero-order valence-corrected chi connectivity index (χ0v) is 11.9. The fourth-order valence-electron chi connectivity index (χ4n) is 1.32. The fourth-order valence-corrected chi connectivity index (χ4v) is 2.40. The second kappa shape index (κ2) is 5.78. The van der Waals surface area contributed by atoms with Gasteiger partial charge in [-0.2, -0.15) is 0 Å². The molecule has 0 aliphatic carbocycles. The summed E-state index contributed by atoms with van der Waals surface area (Å²) in [5.74, 6) is 0.694. The maximum atomic E-state index is 4.46. The average Bonchev–Trinajstić information content (AvgIpc) is 2.62. The number of hydrogen-bond donors (Lipinski definition) is 1. The van der Waals surface area contributed by atoms with Crippen molar-refractivity contribution in [3.8, 4) is 0 Å². The molecule has 0 fully saturated rings. The fraction of sp³-hybridized carbons (Fsp3) is 0.769. The smallest absolute Gasteiger partial charge is 0.0930 e. The van der Waals surface area contributed by atoms with Gasteiger partial charge in [-0.25, -0.2) is 4.98 Å². The molecule has 3 heteroatoms. The van der Waals surface area contributed by atoms with Gasteiger partial charge in [0.15, 0.2) is 0 Å². The quantitative estimate of drug-likeness (QED) is 0.821. The summed E-state index contributed by atoms with van der Waals surface area (Å²) in [5, 5.41) is 4.83. The molecule has 2 nitrogen and oxygen atoms in total. The molecule has 0 aliphatic heterocycles. The predicted octanol–water partition coefficient (Wildman–Crippen LogP) is 3.62. The monoisotopic (exact) mass is 240 g/mol. The molecule has 0 aromatic carbocycles. The highest BCUT2D eigenvalue weighted by molar-refractivity contribution is 7.11. The molecule has 92 valence electrons. The Morgan fingerprint density at radius 2 is 2.12 bits per heavy atom. The maximum absolute atomic E-state index is 4.46. The van der Waals surface area contributed by atoms with Crippen LogP contribution in [-0.4, -0.2) is 10.5 Å². The SMILES string of the molecule is CCC(C)(C)NCc1cnc(CC(C)C)s1. The van der Waals surface area contributed by atoms with Crippen LogP contribution >= 0.6 is 11.3 Å². The summed E-state index contributed by atoms with van der Waals surface area (Å²) >= 11 is 1.84. The lowest BCUT2D eigenvalue weighted by molar-refractivity contribution is 0.376. The Hall–Kier alpha value is -0.410. The zero-order valence-electron chi connectivity index (χ0n) is 11.1. The topological polar surface area (TPSA) is 24.9 Å². The minimum absolute atomic E-state index is 0.224. The number of aromatic nitrogens is 1. The molecular formula is C13H24N2S. The molecule has 0 radical (unpaired) electrons. The van der Waals surface area contributed by atoms with Crippen molar-refractivity contribution in [3.63, 3.8) is 0 Å². The Morgan fingerprint density at radius 3 is 2.69 bits per heavy atom. The van der Waals surface area contributed by atoms with Crippen LogP contribution in [0.15, 0.2) is 6.20 Å². The van der Waals surface area contributed by atoms with E-state index in [1.165, 1.54) is 9.88 Å². The van der Waals surface area contributed by atoms with Crippen LogP contribution < -0.4 is 5.32 Å². The molecule has 0 spiro atoms. The summed E-state index contributed by atoms with van der Waals surface area (Å²) in [6.07, 6.45) is 4.26. The van der Waals surface area contributed by atoms with Crippen LogP contribution in [0.25, 0.3) is 0 Å². The van der Waals surface area contributed by atoms with Crippen molar-refractivity contribution in [2.24, 2.45) is 5.92 Å². The third kappa shape index (κ3) is 4.62. The molecule has 1 rings (SSSR count). The van der Waals surface area contributed by atoms with Gasteiger partial charge >= 0.3 is 0 Å². The summed E-state index contributed by atoms with van der Waals surface area (Å²) in [6.45, 7) is 12.1. The van der Waals surface area contributed by atoms with Gasteiger partial charge in [0.05, 0.1) is 5.01 Å². The van der Waals surface area contributed by atoms with E-state index >= 15 is 0 Å². The first-order chi connectivity index (χ1) is 7.43. The molecule has 1 aromatic rings. The minimum Gasteiger partial charge on any atom is -0.307 e. The van der Waals surface area contributed by atoms with Gasteiger partial charge in [0, 0.05) is 29.6 Å². The molecule has 1 N–H and O–H groups in total. The van der Waals surface area contributed by atoms with Gasteiger partial charge in [0.2, 0.25) is 0 Å². The van der Waals surface area contributed by atoms with E-state index in [0.29, 0.717) is 5.92 Å². The van der Waals surface area contributed by atoms with Crippen molar-refractivity contribution >= 4 is 11.3 Å². The molecule has 0 aliphatic rings. The number of nitrogens with zero attached hydrogens (tertiary/aromatic N) is 1. The van der Waals surface area contributed by atoms with Gasteiger partial charge < -0.3 is 5.32 Å². The van der Waals surface area contributed by atoms with Gasteiger partial charge in [-0.15, -0.1) is 11.3 Å². The van der Waals surface area contributed by atoms with E-state index in [0.717, 1.165) is 19.4 Å². The predicted molar refractivity (Wildman–Crippen MR) is 71.9 cm³/mol. The molecule has 0 atom stereocenters. The van der Waals surface area contributed by atoms with Gasteiger partial charge in [-0.1, -0.05) is 20.8 Å². The zero-order chi connectivity index (χ0) is 12.2. The van der Waals surface area contributed by atoms with E-state index in [1.807, 2.05) is 17.5 Å². The molecule has 1 aromatic heterocycles. The third-order valence-electron chi connectivity index (χ3n) is 2.81. The van der Waals surface area contributed by atoms with E-state index < -0.39 is 0 Å². The highest BCUT2D eigenvalue weighted by atomic mass is 32.1.